The van der Waals surface area contributed by atoms with Gasteiger partial charge in [0.15, 0.2) is 0 Å². The number of ketones is 1. The first-order valence-corrected chi connectivity index (χ1v) is 21.2. The molecule has 298 valence electrons. The fraction of sp³-hybridized carbons (Fsp3) is 0.816. The van der Waals surface area contributed by atoms with Crippen molar-refractivity contribution in [3.8, 4) is 0 Å². The largest absolute Gasteiger partial charge is 0.346 e. The number of hydrogen-bond donors (Lipinski definition) is 4. The highest BCUT2D eigenvalue weighted by atomic mass is 32.2. The molecule has 3 saturated carbocycles. The summed E-state index contributed by atoms with van der Waals surface area (Å²) in [5, 5.41) is 11.4. The summed E-state index contributed by atoms with van der Waals surface area (Å²) in [6.45, 7) is 17.3. The number of likely N-dealkylation sites (tertiary alicyclic amines) is 1. The Kier molecular flexibility index (Phi) is 12.7. The quantitative estimate of drug-likeness (QED) is 0.138. The van der Waals surface area contributed by atoms with E-state index in [1.54, 1.807) is 9.21 Å². The molecule has 2 heterocycles. The van der Waals surface area contributed by atoms with Gasteiger partial charge in [0, 0.05) is 45.3 Å². The normalized spacial score (nSPS) is 27.2. The topological polar surface area (TPSA) is 177 Å². The van der Waals surface area contributed by atoms with Gasteiger partial charge in [-0.2, -0.15) is 17.0 Å². The maximum Gasteiger partial charge on any atom is 0.315 e. The van der Waals surface area contributed by atoms with E-state index in [1.165, 1.54) is 10.4 Å². The Morgan fingerprint density at radius 2 is 1.60 bits per heavy atom. The Hall–Kier alpha value is -3.04. The van der Waals surface area contributed by atoms with Crippen molar-refractivity contribution in [2.45, 2.75) is 123 Å². The molecule has 5 aliphatic rings. The summed E-state index contributed by atoms with van der Waals surface area (Å²) in [6, 6.07) is -3.89. The number of carbonyl (C=O) groups excluding carboxylic acids is 5. The molecule has 6 atom stereocenters. The molecular formula is C38H63N7O7S. The number of Topliss-reactive ketones (excluding diaryl/α,β-unsaturated/α-hetero) is 1. The van der Waals surface area contributed by atoms with Crippen molar-refractivity contribution in [2.75, 3.05) is 39.3 Å². The van der Waals surface area contributed by atoms with E-state index in [-0.39, 0.29) is 48.6 Å². The Labute approximate surface area is 316 Å². The van der Waals surface area contributed by atoms with Crippen LogP contribution in [0.15, 0.2) is 12.7 Å². The number of hydrogen-bond acceptors (Lipinski definition) is 7. The molecule has 53 heavy (non-hydrogen) atoms. The zero-order valence-electron chi connectivity index (χ0n) is 32.6. The Balaban J connectivity index is 1.32. The van der Waals surface area contributed by atoms with Gasteiger partial charge in [-0.05, 0) is 66.6 Å². The molecule has 15 heteroatoms. The van der Waals surface area contributed by atoms with Gasteiger partial charge in [0.2, 0.25) is 17.6 Å². The molecule has 0 radical (unpaired) electrons. The van der Waals surface area contributed by atoms with E-state index < -0.39 is 63.4 Å². The Morgan fingerprint density at radius 3 is 2.21 bits per heavy atom. The van der Waals surface area contributed by atoms with Crippen molar-refractivity contribution in [3.05, 3.63) is 12.7 Å². The van der Waals surface area contributed by atoms with Gasteiger partial charge in [-0.1, -0.05) is 73.3 Å². The van der Waals surface area contributed by atoms with Gasteiger partial charge in [-0.3, -0.25) is 19.2 Å². The molecular weight excluding hydrogens is 699 g/mol. The van der Waals surface area contributed by atoms with Crippen molar-refractivity contribution >= 4 is 39.7 Å². The Bertz CT molecular complexity index is 1520. The van der Waals surface area contributed by atoms with E-state index in [0.29, 0.717) is 38.5 Å². The van der Waals surface area contributed by atoms with Gasteiger partial charge in [0.25, 0.3) is 16.1 Å². The van der Waals surface area contributed by atoms with Crippen molar-refractivity contribution in [2.24, 2.45) is 34.5 Å². The Morgan fingerprint density at radius 1 is 0.943 bits per heavy atom. The minimum absolute atomic E-state index is 0.0754. The number of urea groups is 1. The standard InChI is InChI=1S/C38H63N7O7S/c1-8-13-27(32(46)34(48)39-18-9-2)40-33(47)31-29-26(38(29,6)7)22-45(31)35(49)30(25-14-11-10-12-15-25)42-36(50)41-28(37(3,4)5)23-44-20-19-43(53(44,51)52)21-24-16-17-24/h9,24-31H,2,8,10-23H2,1,3-7H3,(H,39,48)(H,40,47)(H2,41,42,50)/t26-,27?,28+,29-,30-,31?/m0/s1. The predicted octanol–water partition coefficient (Wildman–Crippen LogP) is 2.56. The van der Waals surface area contributed by atoms with Crippen LogP contribution in [0.1, 0.15) is 99.3 Å². The van der Waals surface area contributed by atoms with Crippen LogP contribution in [0, 0.1) is 34.5 Å². The molecule has 0 aromatic rings. The van der Waals surface area contributed by atoms with Crippen LogP contribution in [0.2, 0.25) is 0 Å². The smallest absolute Gasteiger partial charge is 0.315 e. The molecule has 2 aliphatic heterocycles. The minimum Gasteiger partial charge on any atom is -0.346 e. The van der Waals surface area contributed by atoms with E-state index in [2.05, 4.69) is 41.7 Å². The number of nitrogens with zero attached hydrogens (tertiary/aromatic N) is 3. The van der Waals surface area contributed by atoms with Crippen LogP contribution in [-0.4, -0.2) is 115 Å². The highest BCUT2D eigenvalue weighted by Gasteiger charge is 2.69. The maximum atomic E-state index is 14.7. The molecule has 5 fully saturated rings. The van der Waals surface area contributed by atoms with Crippen molar-refractivity contribution in [1.82, 2.24) is 34.8 Å². The molecule has 0 bridgehead atoms. The van der Waals surface area contributed by atoms with Gasteiger partial charge in [-0.15, -0.1) is 6.58 Å². The number of piperidine rings is 1. The average Bonchev–Trinajstić information content (AvgIpc) is 3.92. The lowest BCUT2D eigenvalue weighted by Gasteiger charge is -2.38. The monoisotopic (exact) mass is 761 g/mol. The fourth-order valence-electron chi connectivity index (χ4n) is 8.72. The van der Waals surface area contributed by atoms with Crippen LogP contribution in [0.25, 0.3) is 0 Å². The van der Waals surface area contributed by atoms with Crippen LogP contribution < -0.4 is 21.3 Å². The SMILES string of the molecule is C=CCNC(=O)C(=O)C(CCC)NC(=O)C1[C@@H]2[C@H](CN1C(=O)[C@@H](NC(=O)N[C@H](CN1CCN(CC3CC3)S1(=O)=O)C(C)(C)C)C1CCCCC1)C2(C)C. The second kappa shape index (κ2) is 16.4. The zero-order chi connectivity index (χ0) is 38.9. The molecule has 5 rings (SSSR count). The first kappa shape index (κ1) is 41.1. The molecule has 0 aromatic carbocycles. The van der Waals surface area contributed by atoms with Crippen LogP contribution in [0.5, 0.6) is 0 Å². The van der Waals surface area contributed by atoms with Gasteiger partial charge in [0.05, 0.1) is 6.04 Å². The van der Waals surface area contributed by atoms with E-state index in [4.69, 9.17) is 0 Å². The lowest BCUT2D eigenvalue weighted by atomic mass is 9.83. The van der Waals surface area contributed by atoms with Gasteiger partial charge in [0.1, 0.15) is 12.1 Å². The van der Waals surface area contributed by atoms with Crippen LogP contribution >= 0.6 is 0 Å². The molecule has 4 N–H and O–H groups in total. The van der Waals surface area contributed by atoms with Crippen LogP contribution in [-0.2, 0) is 29.4 Å². The average molecular weight is 762 g/mol. The summed E-state index contributed by atoms with van der Waals surface area (Å²) >= 11 is 0. The number of nitrogens with one attached hydrogen (secondary N) is 4. The molecule has 3 aliphatic carbocycles. The van der Waals surface area contributed by atoms with Crippen LogP contribution in [0.4, 0.5) is 4.79 Å². The second-order valence-electron chi connectivity index (χ2n) is 17.7. The predicted molar refractivity (Wildman–Crippen MR) is 201 cm³/mol. The zero-order valence-corrected chi connectivity index (χ0v) is 33.4. The lowest BCUT2D eigenvalue weighted by Crippen LogP contribution is -2.61. The van der Waals surface area contributed by atoms with Crippen LogP contribution in [0.3, 0.4) is 0 Å². The summed E-state index contributed by atoms with van der Waals surface area (Å²) in [7, 11) is -3.64. The summed E-state index contributed by atoms with van der Waals surface area (Å²) in [5.41, 5.74) is -0.694. The third-order valence-corrected chi connectivity index (χ3v) is 14.4. The number of fused-ring (bicyclic) bond motifs is 1. The van der Waals surface area contributed by atoms with Crippen molar-refractivity contribution in [3.63, 3.8) is 0 Å². The molecule has 5 amide bonds. The lowest BCUT2D eigenvalue weighted by molar-refractivity contribution is -0.144. The number of rotatable bonds is 16. The van der Waals surface area contributed by atoms with E-state index in [0.717, 1.165) is 44.9 Å². The van der Waals surface area contributed by atoms with E-state index in [1.807, 2.05) is 27.7 Å². The second-order valence-corrected chi connectivity index (χ2v) is 19.6. The summed E-state index contributed by atoms with van der Waals surface area (Å²) < 4.78 is 29.8. The molecule has 2 saturated heterocycles. The fourth-order valence-corrected chi connectivity index (χ4v) is 10.4. The van der Waals surface area contributed by atoms with Gasteiger partial charge >= 0.3 is 6.03 Å². The molecule has 14 nitrogen and oxygen atoms in total. The van der Waals surface area contributed by atoms with E-state index in [9.17, 15) is 32.4 Å². The van der Waals surface area contributed by atoms with Crippen molar-refractivity contribution < 1.29 is 32.4 Å². The number of carbonyl (C=O) groups is 5. The first-order chi connectivity index (χ1) is 24.9. The third-order valence-electron chi connectivity index (χ3n) is 12.4. The molecule has 0 spiro atoms. The van der Waals surface area contributed by atoms with E-state index >= 15 is 0 Å². The highest BCUT2D eigenvalue weighted by Crippen LogP contribution is 2.65. The van der Waals surface area contributed by atoms with Crippen molar-refractivity contribution in [1.29, 1.82) is 0 Å². The third kappa shape index (κ3) is 9.26. The summed E-state index contributed by atoms with van der Waals surface area (Å²) in [6.07, 6.45) is 8.77. The minimum atomic E-state index is -3.64. The summed E-state index contributed by atoms with van der Waals surface area (Å²) in [5.74, 6) is -2.11. The van der Waals surface area contributed by atoms with Gasteiger partial charge < -0.3 is 26.2 Å². The summed E-state index contributed by atoms with van der Waals surface area (Å²) in [4.78, 5) is 70.0. The van der Waals surface area contributed by atoms with Gasteiger partial charge in [-0.25, -0.2) is 4.79 Å². The first-order valence-electron chi connectivity index (χ1n) is 19.8. The molecule has 2 unspecified atom stereocenters. The highest BCUT2D eigenvalue weighted by molar-refractivity contribution is 7.87. The maximum absolute atomic E-state index is 14.7. The molecule has 0 aromatic heterocycles. The number of amides is 5.